The maximum absolute atomic E-state index is 13.1. The topological polar surface area (TPSA) is 107 Å². The predicted octanol–water partition coefficient (Wildman–Crippen LogP) is 6.14. The average Bonchev–Trinajstić information content (AvgIpc) is 2.97. The van der Waals surface area contributed by atoms with Crippen molar-refractivity contribution >= 4 is 17.7 Å². The number of halogens is 3. The summed E-state index contributed by atoms with van der Waals surface area (Å²) in [6.45, 7) is 3.24. The monoisotopic (exact) mass is 604 g/mol. The van der Waals surface area contributed by atoms with E-state index in [4.69, 9.17) is 14.2 Å². The number of carboxylic acid groups (broad SMARTS) is 1. The number of ether oxygens (including phenoxy) is 4. The van der Waals surface area contributed by atoms with Gasteiger partial charge in [0.25, 0.3) is 0 Å². The van der Waals surface area contributed by atoms with E-state index in [2.05, 4.69) is 10.1 Å². The third kappa shape index (κ3) is 12.2. The summed E-state index contributed by atoms with van der Waals surface area (Å²) in [5.41, 5.74) is 1.64. The molecule has 0 heterocycles. The summed E-state index contributed by atoms with van der Waals surface area (Å²) in [6, 6.07) is 21.1. The standard InChI is InChI=1S/C31H35F3N2O7/c1-2-41-28(29(37)38)21-23-13-15-25(16-14-23)42-20-18-36(17-8-19-40-22-24-9-4-3-5-10-24)30(39)35-26-11-6-7-12-27(26)43-31(32,33)34/h3-7,9-16,28H,2,8,17-22H2,1H3,(H,35,39)(H,37,38). The molecule has 0 saturated heterocycles. The van der Waals surface area contributed by atoms with E-state index in [-0.39, 0.29) is 38.4 Å². The zero-order valence-electron chi connectivity index (χ0n) is 23.7. The molecule has 3 aromatic rings. The van der Waals surface area contributed by atoms with Crippen LogP contribution in [0.3, 0.4) is 0 Å². The van der Waals surface area contributed by atoms with Gasteiger partial charge in [-0.25, -0.2) is 9.59 Å². The number of rotatable bonds is 17. The molecule has 2 amide bonds. The summed E-state index contributed by atoms with van der Waals surface area (Å²) in [6.07, 6.45) is -5.20. The highest BCUT2D eigenvalue weighted by molar-refractivity contribution is 5.91. The Morgan fingerprint density at radius 2 is 1.60 bits per heavy atom. The molecule has 1 atom stereocenters. The highest BCUT2D eigenvalue weighted by Gasteiger charge is 2.32. The fourth-order valence-corrected chi connectivity index (χ4v) is 4.04. The molecule has 0 spiro atoms. The van der Waals surface area contributed by atoms with Gasteiger partial charge in [0.1, 0.15) is 12.4 Å². The largest absolute Gasteiger partial charge is 0.573 e. The van der Waals surface area contributed by atoms with Gasteiger partial charge in [-0.1, -0.05) is 54.6 Å². The molecule has 232 valence electrons. The molecule has 0 aliphatic carbocycles. The lowest BCUT2D eigenvalue weighted by molar-refractivity contribution is -0.274. The van der Waals surface area contributed by atoms with E-state index < -0.39 is 30.2 Å². The lowest BCUT2D eigenvalue weighted by Crippen LogP contribution is -2.39. The molecule has 1 unspecified atom stereocenters. The average molecular weight is 605 g/mol. The minimum Gasteiger partial charge on any atom is -0.492 e. The maximum Gasteiger partial charge on any atom is 0.573 e. The number of hydrogen-bond acceptors (Lipinski definition) is 6. The van der Waals surface area contributed by atoms with E-state index in [9.17, 15) is 27.9 Å². The van der Waals surface area contributed by atoms with Gasteiger partial charge in [0.2, 0.25) is 0 Å². The number of nitrogens with one attached hydrogen (secondary N) is 1. The van der Waals surface area contributed by atoms with Crippen LogP contribution in [0.1, 0.15) is 24.5 Å². The van der Waals surface area contributed by atoms with Gasteiger partial charge in [0, 0.05) is 26.2 Å². The van der Waals surface area contributed by atoms with Crippen LogP contribution in [0.2, 0.25) is 0 Å². The van der Waals surface area contributed by atoms with Crippen molar-refractivity contribution in [2.75, 3.05) is 38.2 Å². The number of anilines is 1. The molecular formula is C31H35F3N2O7. The minimum absolute atomic E-state index is 0.0923. The minimum atomic E-state index is -4.92. The second-order valence-electron chi connectivity index (χ2n) is 9.33. The Labute approximate surface area is 248 Å². The first-order chi connectivity index (χ1) is 20.6. The van der Waals surface area contributed by atoms with Crippen molar-refractivity contribution in [2.24, 2.45) is 0 Å². The van der Waals surface area contributed by atoms with E-state index >= 15 is 0 Å². The lowest BCUT2D eigenvalue weighted by atomic mass is 10.1. The molecule has 0 aromatic heterocycles. The highest BCUT2D eigenvalue weighted by atomic mass is 19.4. The summed E-state index contributed by atoms with van der Waals surface area (Å²) in [4.78, 5) is 25.9. The maximum atomic E-state index is 13.1. The van der Waals surface area contributed by atoms with Gasteiger partial charge in [-0.05, 0) is 48.7 Å². The Bertz CT molecular complexity index is 1270. The number of amides is 2. The van der Waals surface area contributed by atoms with Crippen LogP contribution in [0.25, 0.3) is 0 Å². The first-order valence-electron chi connectivity index (χ1n) is 13.7. The molecule has 0 aliphatic rings. The Kier molecular flexibility index (Phi) is 13.1. The summed E-state index contributed by atoms with van der Waals surface area (Å²) >= 11 is 0. The molecule has 0 radical (unpaired) electrons. The Hall–Kier alpha value is -4.29. The van der Waals surface area contributed by atoms with Gasteiger partial charge >= 0.3 is 18.4 Å². The summed E-state index contributed by atoms with van der Waals surface area (Å²) in [7, 11) is 0. The molecule has 12 heteroatoms. The number of carbonyl (C=O) groups excluding carboxylic acids is 1. The molecule has 9 nitrogen and oxygen atoms in total. The SMILES string of the molecule is CCOC(Cc1ccc(OCCN(CCCOCc2ccccc2)C(=O)Nc2ccccc2OC(F)(F)F)cc1)C(=O)O. The Balaban J connectivity index is 1.59. The van der Waals surface area contributed by atoms with E-state index in [0.717, 1.165) is 17.2 Å². The number of alkyl halides is 3. The molecule has 2 N–H and O–H groups in total. The van der Waals surface area contributed by atoms with Crippen LogP contribution in [0.5, 0.6) is 11.5 Å². The van der Waals surface area contributed by atoms with Crippen LogP contribution in [-0.4, -0.2) is 67.4 Å². The molecular weight excluding hydrogens is 569 g/mol. The van der Waals surface area contributed by atoms with Crippen LogP contribution in [0, 0.1) is 0 Å². The number of nitrogens with zero attached hydrogens (tertiary/aromatic N) is 1. The summed E-state index contributed by atoms with van der Waals surface area (Å²) in [5.74, 6) is -1.07. The molecule has 3 rings (SSSR count). The van der Waals surface area contributed by atoms with Crippen molar-refractivity contribution in [3.63, 3.8) is 0 Å². The van der Waals surface area contributed by atoms with Gasteiger partial charge in [0.15, 0.2) is 11.9 Å². The van der Waals surface area contributed by atoms with Crippen molar-refractivity contribution in [3.05, 3.63) is 90.0 Å². The van der Waals surface area contributed by atoms with Gasteiger partial charge in [-0.3, -0.25) is 0 Å². The van der Waals surface area contributed by atoms with Crippen molar-refractivity contribution in [2.45, 2.75) is 38.8 Å². The first-order valence-corrected chi connectivity index (χ1v) is 13.7. The third-order valence-electron chi connectivity index (χ3n) is 6.09. The van der Waals surface area contributed by atoms with Crippen LogP contribution < -0.4 is 14.8 Å². The number of aliphatic carboxylic acids is 1. The number of carboxylic acids is 1. The smallest absolute Gasteiger partial charge is 0.492 e. The number of benzene rings is 3. The van der Waals surface area contributed by atoms with E-state index in [1.165, 1.54) is 23.1 Å². The summed E-state index contributed by atoms with van der Waals surface area (Å²) < 4.78 is 59.4. The molecule has 0 aliphatic heterocycles. The zero-order valence-corrected chi connectivity index (χ0v) is 23.7. The number of hydrogen-bond donors (Lipinski definition) is 2. The molecule has 3 aromatic carbocycles. The van der Waals surface area contributed by atoms with E-state index in [1.54, 1.807) is 31.2 Å². The van der Waals surface area contributed by atoms with Gasteiger partial charge in [-0.15, -0.1) is 13.2 Å². The van der Waals surface area contributed by atoms with Crippen molar-refractivity contribution < 1.29 is 46.8 Å². The van der Waals surface area contributed by atoms with E-state index in [1.807, 2.05) is 30.3 Å². The third-order valence-corrected chi connectivity index (χ3v) is 6.09. The second-order valence-corrected chi connectivity index (χ2v) is 9.33. The van der Waals surface area contributed by atoms with Crippen LogP contribution in [0.15, 0.2) is 78.9 Å². The lowest BCUT2D eigenvalue weighted by Gasteiger charge is -2.24. The molecule has 43 heavy (non-hydrogen) atoms. The van der Waals surface area contributed by atoms with Crippen LogP contribution in [0.4, 0.5) is 23.7 Å². The fraction of sp³-hybridized carbons (Fsp3) is 0.355. The van der Waals surface area contributed by atoms with Crippen molar-refractivity contribution in [1.82, 2.24) is 4.90 Å². The number of carbonyl (C=O) groups is 2. The predicted molar refractivity (Wildman–Crippen MR) is 153 cm³/mol. The van der Waals surface area contributed by atoms with Crippen molar-refractivity contribution in [1.29, 1.82) is 0 Å². The zero-order chi connectivity index (χ0) is 31.1. The van der Waals surface area contributed by atoms with Crippen LogP contribution in [-0.2, 0) is 27.3 Å². The molecule has 0 bridgehead atoms. The number of para-hydroxylation sites is 2. The summed E-state index contributed by atoms with van der Waals surface area (Å²) in [5, 5.41) is 11.8. The second kappa shape index (κ2) is 17.0. The quantitative estimate of drug-likeness (QED) is 0.178. The Morgan fingerprint density at radius 3 is 2.28 bits per heavy atom. The normalized spacial score (nSPS) is 11.9. The highest BCUT2D eigenvalue weighted by Crippen LogP contribution is 2.30. The van der Waals surface area contributed by atoms with Gasteiger partial charge < -0.3 is 34.3 Å². The molecule has 0 saturated carbocycles. The fourth-order valence-electron chi connectivity index (χ4n) is 4.04. The van der Waals surface area contributed by atoms with E-state index in [0.29, 0.717) is 25.4 Å². The van der Waals surface area contributed by atoms with Crippen LogP contribution >= 0.6 is 0 Å². The number of urea groups is 1. The van der Waals surface area contributed by atoms with Gasteiger partial charge in [0.05, 0.1) is 18.8 Å². The molecule has 0 fully saturated rings. The Morgan fingerprint density at radius 1 is 0.907 bits per heavy atom. The van der Waals surface area contributed by atoms with Crippen molar-refractivity contribution in [3.8, 4) is 11.5 Å². The first kappa shape index (κ1) is 33.2. The van der Waals surface area contributed by atoms with Gasteiger partial charge in [-0.2, -0.15) is 0 Å².